The predicted molar refractivity (Wildman–Crippen MR) is 132 cm³/mol. The predicted octanol–water partition coefficient (Wildman–Crippen LogP) is 5.63. The Balaban J connectivity index is 1.59. The summed E-state index contributed by atoms with van der Waals surface area (Å²) in [6.45, 7) is 3.95. The standard InChI is InChI=1S/C25H21ClN4O2S/c1-16-12-17(2)14-19(13-16)27-22(31)15-33-25-28-23(18-8-4-3-5-9-18)29-30(25)24(32)20-10-6-7-11-21(20)26/h3-14H,15H2,1-2H3,(H,27,31). The van der Waals surface area contributed by atoms with Crippen molar-refractivity contribution >= 4 is 40.9 Å². The van der Waals surface area contributed by atoms with E-state index in [1.807, 2.05) is 62.4 Å². The van der Waals surface area contributed by atoms with Crippen molar-refractivity contribution in [2.24, 2.45) is 0 Å². The van der Waals surface area contributed by atoms with Crippen molar-refractivity contribution in [1.29, 1.82) is 0 Å². The number of rotatable bonds is 6. The Bertz CT molecular complexity index is 1300. The number of thioether (sulfide) groups is 1. The third kappa shape index (κ3) is 5.50. The van der Waals surface area contributed by atoms with Crippen LogP contribution in [0.15, 0.2) is 78.0 Å². The van der Waals surface area contributed by atoms with Gasteiger partial charge in [0.15, 0.2) is 11.0 Å². The number of hydrogen-bond donors (Lipinski definition) is 1. The van der Waals surface area contributed by atoms with E-state index in [1.54, 1.807) is 24.3 Å². The summed E-state index contributed by atoms with van der Waals surface area (Å²) in [5.41, 5.74) is 3.94. The van der Waals surface area contributed by atoms with E-state index < -0.39 is 5.91 Å². The van der Waals surface area contributed by atoms with Crippen molar-refractivity contribution in [1.82, 2.24) is 14.8 Å². The van der Waals surface area contributed by atoms with Gasteiger partial charge in [-0.1, -0.05) is 71.9 Å². The third-order valence-corrected chi connectivity index (χ3v) is 6.00. The van der Waals surface area contributed by atoms with Crippen LogP contribution in [0.4, 0.5) is 5.69 Å². The molecule has 0 radical (unpaired) electrons. The quantitative estimate of drug-likeness (QED) is 0.365. The van der Waals surface area contributed by atoms with Gasteiger partial charge in [-0.25, -0.2) is 4.98 Å². The van der Waals surface area contributed by atoms with Gasteiger partial charge >= 0.3 is 0 Å². The van der Waals surface area contributed by atoms with Crippen LogP contribution < -0.4 is 5.32 Å². The molecule has 4 rings (SSSR count). The molecule has 0 aliphatic rings. The Morgan fingerprint density at radius 2 is 1.64 bits per heavy atom. The molecule has 6 nitrogen and oxygen atoms in total. The number of aryl methyl sites for hydroxylation is 2. The largest absolute Gasteiger partial charge is 0.325 e. The fraction of sp³-hybridized carbons (Fsp3) is 0.120. The summed E-state index contributed by atoms with van der Waals surface area (Å²) in [4.78, 5) is 30.3. The van der Waals surface area contributed by atoms with Gasteiger partial charge in [0.05, 0.1) is 16.3 Å². The highest BCUT2D eigenvalue weighted by Crippen LogP contribution is 2.25. The number of carbonyl (C=O) groups is 2. The molecule has 1 N–H and O–H groups in total. The maximum atomic E-state index is 13.2. The van der Waals surface area contributed by atoms with Gasteiger partial charge < -0.3 is 5.32 Å². The van der Waals surface area contributed by atoms with Crippen molar-refractivity contribution in [3.63, 3.8) is 0 Å². The summed E-state index contributed by atoms with van der Waals surface area (Å²) in [5, 5.41) is 7.96. The molecule has 0 bridgehead atoms. The fourth-order valence-corrected chi connectivity index (χ4v) is 4.30. The lowest BCUT2D eigenvalue weighted by Crippen LogP contribution is -2.18. The number of amides is 1. The third-order valence-electron chi connectivity index (χ3n) is 4.74. The summed E-state index contributed by atoms with van der Waals surface area (Å²) in [7, 11) is 0. The first-order valence-electron chi connectivity index (χ1n) is 10.2. The molecule has 1 amide bonds. The molecule has 0 unspecified atom stereocenters. The SMILES string of the molecule is Cc1cc(C)cc(NC(=O)CSc2nc(-c3ccccc3)nn2C(=O)c2ccccc2Cl)c1. The molecular formula is C25H21ClN4O2S. The van der Waals surface area contributed by atoms with E-state index in [0.29, 0.717) is 21.6 Å². The summed E-state index contributed by atoms with van der Waals surface area (Å²) in [6.07, 6.45) is 0. The van der Waals surface area contributed by atoms with Crippen LogP contribution in [0.25, 0.3) is 11.4 Å². The van der Waals surface area contributed by atoms with Crippen molar-refractivity contribution in [3.8, 4) is 11.4 Å². The van der Waals surface area contributed by atoms with Crippen LogP contribution in [0, 0.1) is 13.8 Å². The second-order valence-corrected chi connectivity index (χ2v) is 8.84. The van der Waals surface area contributed by atoms with Gasteiger partial charge in [0.25, 0.3) is 5.91 Å². The van der Waals surface area contributed by atoms with Crippen LogP contribution in [-0.2, 0) is 4.79 Å². The molecule has 3 aromatic carbocycles. The minimum absolute atomic E-state index is 0.0652. The van der Waals surface area contributed by atoms with Gasteiger partial charge in [0.2, 0.25) is 5.91 Å². The van der Waals surface area contributed by atoms with E-state index in [4.69, 9.17) is 11.6 Å². The van der Waals surface area contributed by atoms with E-state index in [1.165, 1.54) is 4.68 Å². The Labute approximate surface area is 201 Å². The molecule has 0 fully saturated rings. The number of carbonyl (C=O) groups excluding carboxylic acids is 2. The zero-order chi connectivity index (χ0) is 23.4. The molecule has 4 aromatic rings. The van der Waals surface area contributed by atoms with E-state index in [2.05, 4.69) is 15.4 Å². The molecule has 1 aromatic heterocycles. The Morgan fingerprint density at radius 3 is 2.33 bits per heavy atom. The molecule has 0 aliphatic heterocycles. The molecule has 0 spiro atoms. The van der Waals surface area contributed by atoms with Crippen molar-refractivity contribution in [2.75, 3.05) is 11.1 Å². The smallest absolute Gasteiger partial charge is 0.282 e. The van der Waals surface area contributed by atoms with Crippen molar-refractivity contribution in [3.05, 3.63) is 94.5 Å². The van der Waals surface area contributed by atoms with Gasteiger partial charge in [0, 0.05) is 11.3 Å². The highest BCUT2D eigenvalue weighted by atomic mass is 35.5. The molecule has 33 heavy (non-hydrogen) atoms. The van der Waals surface area contributed by atoms with Crippen molar-refractivity contribution in [2.45, 2.75) is 19.0 Å². The normalized spacial score (nSPS) is 10.8. The van der Waals surface area contributed by atoms with Crippen LogP contribution in [-0.4, -0.2) is 32.3 Å². The molecule has 0 aliphatic carbocycles. The summed E-state index contributed by atoms with van der Waals surface area (Å²) in [5.74, 6) is -0.151. The molecule has 0 saturated carbocycles. The van der Waals surface area contributed by atoms with Crippen LogP contribution in [0.5, 0.6) is 0 Å². The Kier molecular flexibility index (Phi) is 6.91. The van der Waals surface area contributed by atoms with Crippen LogP contribution >= 0.6 is 23.4 Å². The second kappa shape index (κ2) is 10.0. The first-order valence-corrected chi connectivity index (χ1v) is 11.6. The Hall–Kier alpha value is -3.42. The van der Waals surface area contributed by atoms with Gasteiger partial charge in [-0.05, 0) is 49.2 Å². The first kappa shape index (κ1) is 22.8. The van der Waals surface area contributed by atoms with E-state index in [9.17, 15) is 9.59 Å². The molecular weight excluding hydrogens is 456 g/mol. The topological polar surface area (TPSA) is 76.9 Å². The zero-order valence-corrected chi connectivity index (χ0v) is 19.7. The van der Waals surface area contributed by atoms with Gasteiger partial charge in [-0.2, -0.15) is 4.68 Å². The average molecular weight is 477 g/mol. The van der Waals surface area contributed by atoms with E-state index >= 15 is 0 Å². The number of aromatic nitrogens is 3. The number of benzene rings is 3. The molecule has 0 atom stereocenters. The molecule has 8 heteroatoms. The fourth-order valence-electron chi connectivity index (χ4n) is 3.36. The number of nitrogens with one attached hydrogen (secondary N) is 1. The van der Waals surface area contributed by atoms with Crippen molar-refractivity contribution < 1.29 is 9.59 Å². The van der Waals surface area contributed by atoms with Crippen LogP contribution in [0.3, 0.4) is 0 Å². The zero-order valence-electron chi connectivity index (χ0n) is 18.1. The number of nitrogens with zero attached hydrogens (tertiary/aromatic N) is 3. The summed E-state index contributed by atoms with van der Waals surface area (Å²) < 4.78 is 1.21. The van der Waals surface area contributed by atoms with E-state index in [0.717, 1.165) is 34.1 Å². The minimum Gasteiger partial charge on any atom is -0.325 e. The van der Waals surface area contributed by atoms with Gasteiger partial charge in [0.1, 0.15) is 0 Å². The van der Waals surface area contributed by atoms with Crippen LogP contribution in [0.2, 0.25) is 5.02 Å². The second-order valence-electron chi connectivity index (χ2n) is 7.49. The van der Waals surface area contributed by atoms with Gasteiger partial charge in [-0.15, -0.1) is 5.10 Å². The minimum atomic E-state index is -0.410. The monoisotopic (exact) mass is 476 g/mol. The van der Waals surface area contributed by atoms with E-state index in [-0.39, 0.29) is 11.7 Å². The first-order chi connectivity index (χ1) is 15.9. The maximum absolute atomic E-state index is 13.2. The molecule has 166 valence electrons. The average Bonchev–Trinajstić information content (AvgIpc) is 3.22. The number of anilines is 1. The Morgan fingerprint density at radius 1 is 0.970 bits per heavy atom. The highest BCUT2D eigenvalue weighted by Gasteiger charge is 2.21. The maximum Gasteiger partial charge on any atom is 0.282 e. The lowest BCUT2D eigenvalue weighted by molar-refractivity contribution is -0.113. The summed E-state index contributed by atoms with van der Waals surface area (Å²) in [6, 6.07) is 22.0. The van der Waals surface area contributed by atoms with Crippen LogP contribution in [0.1, 0.15) is 21.5 Å². The lowest BCUT2D eigenvalue weighted by Gasteiger charge is -2.08. The number of halogens is 1. The summed E-state index contributed by atoms with van der Waals surface area (Å²) >= 11 is 7.38. The molecule has 0 saturated heterocycles. The molecule has 1 heterocycles. The highest BCUT2D eigenvalue weighted by molar-refractivity contribution is 7.99. The number of hydrogen-bond acceptors (Lipinski definition) is 5. The lowest BCUT2D eigenvalue weighted by atomic mass is 10.1. The van der Waals surface area contributed by atoms with Gasteiger partial charge in [-0.3, -0.25) is 9.59 Å².